The summed E-state index contributed by atoms with van der Waals surface area (Å²) in [7, 11) is 0. The molecule has 2 aliphatic heterocycles. The number of carbonyl (C=O) groups is 2. The molecule has 2 rings (SSSR count). The van der Waals surface area contributed by atoms with Gasteiger partial charge in [-0.3, -0.25) is 14.9 Å². The van der Waals surface area contributed by atoms with Crippen LogP contribution in [-0.2, 0) is 9.59 Å². The molecule has 0 spiro atoms. The molecule has 0 radical (unpaired) electrons. The van der Waals surface area contributed by atoms with Crippen LogP contribution in [0.3, 0.4) is 0 Å². The van der Waals surface area contributed by atoms with E-state index in [9.17, 15) is 9.59 Å². The molecule has 0 saturated heterocycles. The van der Waals surface area contributed by atoms with Crippen LogP contribution in [0.5, 0.6) is 0 Å². The molecule has 0 aromatic rings. The summed E-state index contributed by atoms with van der Waals surface area (Å²) >= 11 is 0. The van der Waals surface area contributed by atoms with Crippen LogP contribution < -0.4 is 5.32 Å². The maximum Gasteiger partial charge on any atom is 0.203 e. The van der Waals surface area contributed by atoms with Gasteiger partial charge in [0.1, 0.15) is 11.4 Å². The molecule has 15 heavy (non-hydrogen) atoms. The first-order chi connectivity index (χ1) is 7.31. The van der Waals surface area contributed by atoms with Gasteiger partial charge in [-0.1, -0.05) is 0 Å². The highest BCUT2D eigenvalue weighted by Gasteiger charge is 2.11. The van der Waals surface area contributed by atoms with E-state index in [2.05, 4.69) is 4.99 Å². The average Bonchev–Trinajstić information content (AvgIpc) is 2.87. The number of aliphatic imine (C=N–C) groups is 1. The van der Waals surface area contributed by atoms with Crippen molar-refractivity contribution in [3.05, 3.63) is 47.5 Å². The van der Waals surface area contributed by atoms with Crippen molar-refractivity contribution in [2.45, 2.75) is 0 Å². The normalized spacial score (nSPS) is 21.3. The minimum absolute atomic E-state index is 0.420. The second-order valence-electron chi connectivity index (χ2n) is 3.15. The number of quaternary nitrogens is 1. The number of aldehydes is 2. The molecule has 0 fully saturated rings. The zero-order valence-corrected chi connectivity index (χ0v) is 7.88. The Labute approximate surface area is 86.4 Å². The first kappa shape index (κ1) is 9.48. The predicted octanol–water partition coefficient (Wildman–Crippen LogP) is -0.376. The molecular formula is C11H9N2O2+. The highest BCUT2D eigenvalue weighted by atomic mass is 16.1. The van der Waals surface area contributed by atoms with Crippen LogP contribution in [0.15, 0.2) is 52.5 Å². The smallest absolute Gasteiger partial charge is 0.203 e. The highest BCUT2D eigenvalue weighted by molar-refractivity contribution is 6.35. The van der Waals surface area contributed by atoms with E-state index in [1.165, 1.54) is 0 Å². The lowest BCUT2D eigenvalue weighted by atomic mass is 10.3. The highest BCUT2D eigenvalue weighted by Crippen LogP contribution is 2.10. The second-order valence-corrected chi connectivity index (χ2v) is 3.15. The third kappa shape index (κ3) is 2.05. The monoisotopic (exact) mass is 201 g/mol. The molecular weight excluding hydrogens is 192 g/mol. The first-order valence-electron chi connectivity index (χ1n) is 4.47. The molecule has 2 heterocycles. The van der Waals surface area contributed by atoms with Crippen LogP contribution in [-0.4, -0.2) is 18.3 Å². The van der Waals surface area contributed by atoms with Gasteiger partial charge in [0.05, 0.1) is 5.70 Å². The minimum Gasteiger partial charge on any atom is -0.296 e. The molecule has 0 unspecified atom stereocenters. The Kier molecular flexibility index (Phi) is 2.51. The van der Waals surface area contributed by atoms with Crippen LogP contribution in [0.25, 0.3) is 0 Å². The molecule has 0 aromatic heterocycles. The summed E-state index contributed by atoms with van der Waals surface area (Å²) in [6, 6.07) is 0. The molecule has 74 valence electrons. The molecule has 0 bridgehead atoms. The second kappa shape index (κ2) is 3.98. The van der Waals surface area contributed by atoms with Crippen molar-refractivity contribution in [2.24, 2.45) is 4.99 Å². The lowest BCUT2D eigenvalue weighted by Crippen LogP contribution is -2.78. The molecule has 4 nitrogen and oxygen atoms in total. The molecule has 2 N–H and O–H groups in total. The van der Waals surface area contributed by atoms with Gasteiger partial charge in [-0.15, -0.1) is 0 Å². The van der Waals surface area contributed by atoms with Gasteiger partial charge in [0.2, 0.25) is 6.29 Å². The lowest BCUT2D eigenvalue weighted by Gasteiger charge is -1.92. The van der Waals surface area contributed by atoms with Crippen molar-refractivity contribution in [1.82, 2.24) is 0 Å². The Morgan fingerprint density at radius 2 is 1.87 bits per heavy atom. The van der Waals surface area contributed by atoms with Crippen molar-refractivity contribution in [1.29, 1.82) is 0 Å². The van der Waals surface area contributed by atoms with Crippen molar-refractivity contribution in [3.8, 4) is 0 Å². The molecule has 0 aromatic carbocycles. The van der Waals surface area contributed by atoms with Crippen molar-refractivity contribution < 1.29 is 14.9 Å². The Bertz CT molecular complexity index is 465. The van der Waals surface area contributed by atoms with Gasteiger partial charge >= 0.3 is 0 Å². The van der Waals surface area contributed by atoms with Gasteiger partial charge in [-0.05, 0) is 12.2 Å². The van der Waals surface area contributed by atoms with E-state index >= 15 is 0 Å². The van der Waals surface area contributed by atoms with Crippen LogP contribution >= 0.6 is 0 Å². The lowest BCUT2D eigenvalue weighted by molar-refractivity contribution is -0.538. The topological polar surface area (TPSA) is 63.1 Å². The van der Waals surface area contributed by atoms with Crippen LogP contribution in [0.2, 0.25) is 0 Å². The largest absolute Gasteiger partial charge is 0.296 e. The summed E-state index contributed by atoms with van der Waals surface area (Å²) in [5.41, 5.74) is 2.69. The fourth-order valence-electron chi connectivity index (χ4n) is 1.36. The van der Waals surface area contributed by atoms with Crippen molar-refractivity contribution >= 4 is 18.3 Å². The number of nitrogens with zero attached hydrogens (tertiary/aromatic N) is 1. The number of allylic oxidation sites excluding steroid dienone is 6. The summed E-state index contributed by atoms with van der Waals surface area (Å²) in [4.78, 5) is 24.9. The summed E-state index contributed by atoms with van der Waals surface area (Å²) in [6.45, 7) is 0. The van der Waals surface area contributed by atoms with E-state index in [4.69, 9.17) is 0 Å². The van der Waals surface area contributed by atoms with E-state index in [1.807, 2.05) is 12.2 Å². The summed E-state index contributed by atoms with van der Waals surface area (Å²) in [5.74, 6) is 0. The number of hydrogen-bond donors (Lipinski definition) is 1. The molecule has 4 heteroatoms. The molecule has 2 aliphatic rings. The summed E-state index contributed by atoms with van der Waals surface area (Å²) < 4.78 is 0. The molecule has 0 saturated carbocycles. The quantitative estimate of drug-likeness (QED) is 0.633. The fourth-order valence-corrected chi connectivity index (χ4v) is 1.36. The van der Waals surface area contributed by atoms with Gasteiger partial charge in [0.25, 0.3) is 0 Å². The zero-order chi connectivity index (χ0) is 10.7. The maximum absolute atomic E-state index is 10.4. The van der Waals surface area contributed by atoms with E-state index in [-0.39, 0.29) is 0 Å². The van der Waals surface area contributed by atoms with Crippen LogP contribution in [0.4, 0.5) is 0 Å². The molecule has 0 atom stereocenters. The van der Waals surface area contributed by atoms with E-state index < -0.39 is 0 Å². The molecule has 0 aliphatic carbocycles. The predicted molar refractivity (Wildman–Crippen MR) is 54.9 cm³/mol. The summed E-state index contributed by atoms with van der Waals surface area (Å²) in [6.07, 6.45) is 10.3. The van der Waals surface area contributed by atoms with Gasteiger partial charge in [-0.25, -0.2) is 4.99 Å². The van der Waals surface area contributed by atoms with Crippen LogP contribution in [0, 0.1) is 0 Å². The van der Waals surface area contributed by atoms with Gasteiger partial charge in [0, 0.05) is 18.2 Å². The SMILES string of the molecule is O=CC1=CC=C(/C=C2\C=CC(C=O)=N2)[NH2+]1. The Hall–Kier alpha value is -2.07. The number of rotatable bonds is 3. The third-order valence-electron chi connectivity index (χ3n) is 2.06. The Morgan fingerprint density at radius 1 is 1.07 bits per heavy atom. The first-order valence-corrected chi connectivity index (χ1v) is 4.47. The van der Waals surface area contributed by atoms with Crippen molar-refractivity contribution in [3.63, 3.8) is 0 Å². The number of nitrogens with two attached hydrogens (primary N) is 1. The zero-order valence-electron chi connectivity index (χ0n) is 7.88. The third-order valence-corrected chi connectivity index (χ3v) is 2.06. The minimum atomic E-state index is 0.420. The average molecular weight is 201 g/mol. The maximum atomic E-state index is 10.4. The van der Waals surface area contributed by atoms with Crippen LogP contribution in [0.1, 0.15) is 0 Å². The van der Waals surface area contributed by atoms with Gasteiger partial charge in [-0.2, -0.15) is 0 Å². The van der Waals surface area contributed by atoms with Gasteiger partial charge < -0.3 is 0 Å². The van der Waals surface area contributed by atoms with E-state index in [0.717, 1.165) is 17.7 Å². The van der Waals surface area contributed by atoms with Crippen molar-refractivity contribution in [2.75, 3.05) is 0 Å². The van der Waals surface area contributed by atoms with E-state index in [1.54, 1.807) is 23.5 Å². The number of hydrogen-bond acceptors (Lipinski definition) is 3. The standard InChI is InChI=1S/C11H8N2O2/c14-6-10-3-1-8(12-10)5-9-2-4-11(7-15)13-9/h1-7,12H/p+1/b9-5+. The van der Waals surface area contributed by atoms with Gasteiger partial charge in [0.15, 0.2) is 12.0 Å². The number of carbonyl (C=O) groups excluding carboxylic acids is 2. The Morgan fingerprint density at radius 3 is 2.47 bits per heavy atom. The fraction of sp³-hybridized carbons (Fsp3) is 0. The van der Waals surface area contributed by atoms with E-state index in [0.29, 0.717) is 17.7 Å². The molecule has 0 amide bonds. The summed E-state index contributed by atoms with van der Waals surface area (Å²) in [5, 5.41) is 1.77. The Balaban J connectivity index is 2.09.